The number of fused-ring (bicyclic) bond motifs is 1. The normalized spacial score (nSPS) is 12.2. The molecule has 0 radical (unpaired) electrons. The van der Waals surface area contributed by atoms with Gasteiger partial charge in [0.2, 0.25) is 0 Å². The summed E-state index contributed by atoms with van der Waals surface area (Å²) >= 11 is 0. The van der Waals surface area contributed by atoms with Gasteiger partial charge in [0.15, 0.2) is 11.5 Å². The minimum absolute atomic E-state index is 0.334. The highest BCUT2D eigenvalue weighted by molar-refractivity contribution is 5.72. The fraction of sp³-hybridized carbons (Fsp3) is 0.462. The number of hydrogen-bond acceptors (Lipinski definition) is 2. The van der Waals surface area contributed by atoms with E-state index in [0.717, 1.165) is 29.8 Å². The number of para-hydroxylation sites is 2. The van der Waals surface area contributed by atoms with Crippen LogP contribution in [0, 0.1) is 5.41 Å². The van der Waals surface area contributed by atoms with Crippen molar-refractivity contribution in [3.8, 4) is 0 Å². The molecular weight excluding hydrogens is 186 g/mol. The minimum atomic E-state index is 0.334. The zero-order valence-electron chi connectivity index (χ0n) is 9.58. The summed E-state index contributed by atoms with van der Waals surface area (Å²) < 4.78 is 5.65. The first-order valence-corrected chi connectivity index (χ1v) is 5.39. The monoisotopic (exact) mass is 203 g/mol. The fourth-order valence-corrected chi connectivity index (χ4v) is 1.51. The highest BCUT2D eigenvalue weighted by Gasteiger charge is 2.12. The molecule has 2 aromatic rings. The zero-order chi connectivity index (χ0) is 10.9. The van der Waals surface area contributed by atoms with Crippen molar-refractivity contribution < 1.29 is 4.42 Å². The lowest BCUT2D eigenvalue weighted by Crippen LogP contribution is -2.06. The Balaban J connectivity index is 2.16. The van der Waals surface area contributed by atoms with Crippen LogP contribution in [0.3, 0.4) is 0 Å². The standard InChI is InChI=1S/C13H17NO/c1-13(2,3)9-8-12-14-10-6-4-5-7-11(10)15-12/h4-7H,8-9H2,1-3H3. The maximum Gasteiger partial charge on any atom is 0.195 e. The van der Waals surface area contributed by atoms with Crippen molar-refractivity contribution in [2.75, 3.05) is 0 Å². The molecule has 0 atom stereocenters. The number of hydrogen-bond donors (Lipinski definition) is 0. The lowest BCUT2D eigenvalue weighted by molar-refractivity contribution is 0.358. The summed E-state index contributed by atoms with van der Waals surface area (Å²) in [5.41, 5.74) is 2.18. The van der Waals surface area contributed by atoms with Gasteiger partial charge < -0.3 is 4.42 Å². The van der Waals surface area contributed by atoms with Crippen LogP contribution in [0.15, 0.2) is 28.7 Å². The van der Waals surface area contributed by atoms with E-state index in [4.69, 9.17) is 4.42 Å². The van der Waals surface area contributed by atoms with E-state index in [0.29, 0.717) is 5.41 Å². The van der Waals surface area contributed by atoms with Crippen LogP contribution >= 0.6 is 0 Å². The van der Waals surface area contributed by atoms with Crippen LogP contribution in [0.5, 0.6) is 0 Å². The van der Waals surface area contributed by atoms with E-state index in [1.807, 2.05) is 24.3 Å². The molecule has 2 rings (SSSR count). The summed E-state index contributed by atoms with van der Waals surface area (Å²) in [6, 6.07) is 7.90. The van der Waals surface area contributed by atoms with E-state index in [-0.39, 0.29) is 0 Å². The Morgan fingerprint density at radius 1 is 1.20 bits per heavy atom. The lowest BCUT2D eigenvalue weighted by Gasteiger charge is -2.15. The van der Waals surface area contributed by atoms with Crippen molar-refractivity contribution >= 4 is 11.1 Å². The van der Waals surface area contributed by atoms with Crippen molar-refractivity contribution in [1.29, 1.82) is 0 Å². The second-order valence-corrected chi connectivity index (χ2v) is 5.14. The zero-order valence-corrected chi connectivity index (χ0v) is 9.58. The number of nitrogens with zero attached hydrogens (tertiary/aromatic N) is 1. The summed E-state index contributed by atoms with van der Waals surface area (Å²) in [7, 11) is 0. The Hall–Kier alpha value is -1.31. The van der Waals surface area contributed by atoms with Gasteiger partial charge in [-0.25, -0.2) is 4.98 Å². The van der Waals surface area contributed by atoms with E-state index >= 15 is 0 Å². The number of oxazole rings is 1. The van der Waals surface area contributed by atoms with Gasteiger partial charge in [-0.15, -0.1) is 0 Å². The SMILES string of the molecule is CC(C)(C)CCc1nc2ccccc2o1. The molecule has 80 valence electrons. The molecule has 0 aliphatic rings. The van der Waals surface area contributed by atoms with E-state index in [1.54, 1.807) is 0 Å². The topological polar surface area (TPSA) is 26.0 Å². The molecule has 1 heterocycles. The van der Waals surface area contributed by atoms with Crippen molar-refractivity contribution in [2.24, 2.45) is 5.41 Å². The summed E-state index contributed by atoms with van der Waals surface area (Å²) in [6.07, 6.45) is 2.01. The van der Waals surface area contributed by atoms with Crippen molar-refractivity contribution in [1.82, 2.24) is 4.98 Å². The molecule has 15 heavy (non-hydrogen) atoms. The van der Waals surface area contributed by atoms with E-state index < -0.39 is 0 Å². The number of rotatable bonds is 2. The van der Waals surface area contributed by atoms with Crippen molar-refractivity contribution in [3.05, 3.63) is 30.2 Å². The second-order valence-electron chi connectivity index (χ2n) is 5.14. The van der Waals surface area contributed by atoms with E-state index in [9.17, 15) is 0 Å². The summed E-state index contributed by atoms with van der Waals surface area (Å²) in [4.78, 5) is 4.45. The Labute approximate surface area is 90.3 Å². The molecule has 0 aliphatic carbocycles. The molecule has 0 spiro atoms. The molecule has 0 unspecified atom stereocenters. The third kappa shape index (κ3) is 2.58. The van der Waals surface area contributed by atoms with Crippen LogP contribution in [0.4, 0.5) is 0 Å². The first kappa shape index (κ1) is 10.2. The third-order valence-corrected chi connectivity index (χ3v) is 2.43. The fourth-order valence-electron chi connectivity index (χ4n) is 1.51. The van der Waals surface area contributed by atoms with Gasteiger partial charge in [-0.1, -0.05) is 32.9 Å². The largest absolute Gasteiger partial charge is 0.441 e. The van der Waals surface area contributed by atoms with Gasteiger partial charge in [-0.3, -0.25) is 0 Å². The average molecular weight is 203 g/mol. The van der Waals surface area contributed by atoms with Crippen molar-refractivity contribution in [2.45, 2.75) is 33.6 Å². The lowest BCUT2D eigenvalue weighted by atomic mass is 9.91. The molecule has 0 saturated carbocycles. The van der Waals surface area contributed by atoms with Crippen LogP contribution in [0.2, 0.25) is 0 Å². The van der Waals surface area contributed by atoms with Gasteiger partial charge in [-0.05, 0) is 24.0 Å². The van der Waals surface area contributed by atoms with Gasteiger partial charge in [0.1, 0.15) is 5.52 Å². The smallest absolute Gasteiger partial charge is 0.195 e. The first-order valence-electron chi connectivity index (χ1n) is 5.39. The summed E-state index contributed by atoms with van der Waals surface area (Å²) in [5.74, 6) is 0.853. The maximum absolute atomic E-state index is 5.65. The predicted octanol–water partition coefficient (Wildman–Crippen LogP) is 3.81. The summed E-state index contributed by atoms with van der Waals surface area (Å²) in [6.45, 7) is 6.70. The maximum atomic E-state index is 5.65. The Kier molecular flexibility index (Phi) is 2.51. The van der Waals surface area contributed by atoms with Gasteiger partial charge >= 0.3 is 0 Å². The summed E-state index contributed by atoms with van der Waals surface area (Å²) in [5, 5.41) is 0. The van der Waals surface area contributed by atoms with Gasteiger partial charge in [0.05, 0.1) is 0 Å². The van der Waals surface area contributed by atoms with Crippen LogP contribution < -0.4 is 0 Å². The molecule has 0 aliphatic heterocycles. The molecular formula is C13H17NO. The number of aromatic nitrogens is 1. The Morgan fingerprint density at radius 2 is 1.93 bits per heavy atom. The molecule has 0 saturated heterocycles. The highest BCUT2D eigenvalue weighted by Crippen LogP contribution is 2.23. The van der Waals surface area contributed by atoms with Gasteiger partial charge in [-0.2, -0.15) is 0 Å². The van der Waals surface area contributed by atoms with Gasteiger partial charge in [0.25, 0.3) is 0 Å². The molecule has 0 fully saturated rings. The Morgan fingerprint density at radius 3 is 2.60 bits per heavy atom. The van der Waals surface area contributed by atoms with Crippen LogP contribution in [0.25, 0.3) is 11.1 Å². The molecule has 1 aromatic carbocycles. The van der Waals surface area contributed by atoms with E-state index in [1.165, 1.54) is 0 Å². The quantitative estimate of drug-likeness (QED) is 0.741. The number of benzene rings is 1. The molecule has 2 nitrogen and oxygen atoms in total. The third-order valence-electron chi connectivity index (χ3n) is 2.43. The molecule has 1 aromatic heterocycles. The average Bonchev–Trinajstić information content (AvgIpc) is 2.56. The van der Waals surface area contributed by atoms with E-state index in [2.05, 4.69) is 25.8 Å². The second kappa shape index (κ2) is 3.69. The van der Waals surface area contributed by atoms with Gasteiger partial charge in [0, 0.05) is 6.42 Å². The highest BCUT2D eigenvalue weighted by atomic mass is 16.3. The molecule has 2 heteroatoms. The molecule has 0 bridgehead atoms. The minimum Gasteiger partial charge on any atom is -0.441 e. The van der Waals surface area contributed by atoms with Crippen molar-refractivity contribution in [3.63, 3.8) is 0 Å². The number of aryl methyl sites for hydroxylation is 1. The Bertz CT molecular complexity index is 418. The van der Waals surface area contributed by atoms with Crippen LogP contribution in [-0.4, -0.2) is 4.98 Å². The van der Waals surface area contributed by atoms with Crippen LogP contribution in [0.1, 0.15) is 33.1 Å². The molecule has 0 amide bonds. The predicted molar refractivity (Wildman–Crippen MR) is 61.8 cm³/mol. The first-order chi connectivity index (χ1) is 7.04. The molecule has 0 N–H and O–H groups in total. The van der Waals surface area contributed by atoms with Crippen LogP contribution in [-0.2, 0) is 6.42 Å².